The molecule has 0 spiro atoms. The van der Waals surface area contributed by atoms with Crippen molar-refractivity contribution in [1.82, 2.24) is 20.6 Å². The maximum atomic E-state index is 13.1. The minimum Gasteiger partial charge on any atom is -0.376 e. The number of benzene rings is 1. The van der Waals surface area contributed by atoms with E-state index in [2.05, 4.69) is 20.6 Å². The van der Waals surface area contributed by atoms with Crippen LogP contribution in [-0.4, -0.2) is 47.1 Å². The van der Waals surface area contributed by atoms with E-state index in [4.69, 9.17) is 4.74 Å². The van der Waals surface area contributed by atoms with Gasteiger partial charge in [-0.05, 0) is 44.2 Å². The Balaban J connectivity index is 1.53. The standard InChI is InChI=1S/C24H30N4O3/c1-14(2)11-20(23(29)25-13-16-7-6-10-31-16)28-24(30)21-12-18-17-8-4-5-9-19(17)27-22(18)15(3)26-21/h4-5,8-9,12,14,16,20,27H,6-7,10-11,13H2,1-3H3,(H,25,29)(H,28,30). The van der Waals surface area contributed by atoms with Crippen LogP contribution in [0.5, 0.6) is 0 Å². The molecular formula is C24H30N4O3. The number of aryl methyl sites for hydroxylation is 1. The van der Waals surface area contributed by atoms with Gasteiger partial charge in [-0.2, -0.15) is 0 Å². The van der Waals surface area contributed by atoms with Gasteiger partial charge in [0.15, 0.2) is 0 Å². The quantitative estimate of drug-likeness (QED) is 0.543. The summed E-state index contributed by atoms with van der Waals surface area (Å²) in [5, 5.41) is 7.85. The van der Waals surface area contributed by atoms with Gasteiger partial charge < -0.3 is 20.4 Å². The van der Waals surface area contributed by atoms with Crippen molar-refractivity contribution in [3.8, 4) is 0 Å². The Kier molecular flexibility index (Phi) is 6.23. The number of rotatable bonds is 7. The van der Waals surface area contributed by atoms with Crippen molar-refractivity contribution in [3.05, 3.63) is 41.7 Å². The van der Waals surface area contributed by atoms with Crippen LogP contribution in [0, 0.1) is 12.8 Å². The van der Waals surface area contributed by atoms with Gasteiger partial charge in [-0.1, -0.05) is 32.0 Å². The van der Waals surface area contributed by atoms with Crippen molar-refractivity contribution >= 4 is 33.6 Å². The number of nitrogens with zero attached hydrogens (tertiary/aromatic N) is 1. The summed E-state index contributed by atoms with van der Waals surface area (Å²) in [4.78, 5) is 33.7. The smallest absolute Gasteiger partial charge is 0.270 e. The molecule has 4 rings (SSSR count). The maximum absolute atomic E-state index is 13.1. The lowest BCUT2D eigenvalue weighted by molar-refractivity contribution is -0.123. The molecule has 7 heteroatoms. The summed E-state index contributed by atoms with van der Waals surface area (Å²) in [5.41, 5.74) is 2.99. The van der Waals surface area contributed by atoms with E-state index in [1.54, 1.807) is 6.07 Å². The van der Waals surface area contributed by atoms with E-state index in [1.807, 2.05) is 45.0 Å². The number of hydrogen-bond donors (Lipinski definition) is 3. The Morgan fingerprint density at radius 2 is 2.06 bits per heavy atom. The van der Waals surface area contributed by atoms with Crippen LogP contribution in [0.25, 0.3) is 21.8 Å². The lowest BCUT2D eigenvalue weighted by Gasteiger charge is -2.21. The molecule has 0 radical (unpaired) electrons. The maximum Gasteiger partial charge on any atom is 0.270 e. The molecule has 2 unspecified atom stereocenters. The average Bonchev–Trinajstić information content (AvgIpc) is 3.39. The fourth-order valence-corrected chi connectivity index (χ4v) is 4.20. The van der Waals surface area contributed by atoms with Crippen molar-refractivity contribution in [2.75, 3.05) is 13.2 Å². The summed E-state index contributed by atoms with van der Waals surface area (Å²) in [5.74, 6) is -0.264. The topological polar surface area (TPSA) is 96.1 Å². The lowest BCUT2D eigenvalue weighted by Crippen LogP contribution is -2.49. The molecule has 1 fully saturated rings. The Bertz CT molecular complexity index is 1100. The molecule has 31 heavy (non-hydrogen) atoms. The molecule has 0 saturated carbocycles. The zero-order valence-corrected chi connectivity index (χ0v) is 18.3. The van der Waals surface area contributed by atoms with Crippen molar-refractivity contribution in [2.45, 2.75) is 52.2 Å². The van der Waals surface area contributed by atoms with E-state index in [9.17, 15) is 9.59 Å². The van der Waals surface area contributed by atoms with E-state index in [1.165, 1.54) is 0 Å². The Morgan fingerprint density at radius 1 is 1.26 bits per heavy atom. The summed E-state index contributed by atoms with van der Waals surface area (Å²) in [6.45, 7) is 7.17. The highest BCUT2D eigenvalue weighted by molar-refractivity contribution is 6.10. The fraction of sp³-hybridized carbons (Fsp3) is 0.458. The summed E-state index contributed by atoms with van der Waals surface area (Å²) >= 11 is 0. The third kappa shape index (κ3) is 4.71. The number of nitrogens with one attached hydrogen (secondary N) is 3. The van der Waals surface area contributed by atoms with Crippen LogP contribution in [0.3, 0.4) is 0 Å². The zero-order valence-electron chi connectivity index (χ0n) is 18.3. The molecule has 3 N–H and O–H groups in total. The average molecular weight is 423 g/mol. The van der Waals surface area contributed by atoms with Crippen LogP contribution < -0.4 is 10.6 Å². The summed E-state index contributed by atoms with van der Waals surface area (Å²) in [6, 6.07) is 9.16. The molecule has 2 atom stereocenters. The molecule has 1 saturated heterocycles. The number of carbonyl (C=O) groups is 2. The minimum atomic E-state index is -0.616. The highest BCUT2D eigenvalue weighted by Gasteiger charge is 2.25. The van der Waals surface area contributed by atoms with Crippen LogP contribution in [0.2, 0.25) is 0 Å². The minimum absolute atomic E-state index is 0.0629. The lowest BCUT2D eigenvalue weighted by atomic mass is 10.0. The van der Waals surface area contributed by atoms with Gasteiger partial charge in [0.1, 0.15) is 11.7 Å². The van der Waals surface area contributed by atoms with E-state index >= 15 is 0 Å². The molecule has 1 aliphatic rings. The zero-order chi connectivity index (χ0) is 22.0. The van der Waals surface area contributed by atoms with Gasteiger partial charge in [0, 0.05) is 29.4 Å². The Labute approximate surface area is 181 Å². The number of pyridine rings is 1. The summed E-state index contributed by atoms with van der Waals surface area (Å²) < 4.78 is 5.58. The number of H-pyrrole nitrogens is 1. The van der Waals surface area contributed by atoms with Gasteiger partial charge >= 0.3 is 0 Å². The second-order valence-electron chi connectivity index (χ2n) is 8.72. The molecule has 7 nitrogen and oxygen atoms in total. The first kappa shape index (κ1) is 21.3. The summed E-state index contributed by atoms with van der Waals surface area (Å²) in [7, 11) is 0. The van der Waals surface area contributed by atoms with Gasteiger partial charge in [0.2, 0.25) is 5.91 Å². The normalized spacial score (nSPS) is 17.4. The number of carbonyl (C=O) groups excluding carboxylic acids is 2. The van der Waals surface area contributed by atoms with Crippen LogP contribution in [0.1, 0.15) is 49.3 Å². The van der Waals surface area contributed by atoms with E-state index in [0.717, 1.165) is 46.9 Å². The second-order valence-corrected chi connectivity index (χ2v) is 8.72. The van der Waals surface area contributed by atoms with E-state index in [0.29, 0.717) is 18.7 Å². The first-order valence-corrected chi connectivity index (χ1v) is 11.0. The second kappa shape index (κ2) is 9.06. The fourth-order valence-electron chi connectivity index (χ4n) is 4.20. The predicted octanol–water partition coefficient (Wildman–Crippen LogP) is 3.46. The first-order valence-electron chi connectivity index (χ1n) is 11.0. The predicted molar refractivity (Wildman–Crippen MR) is 121 cm³/mol. The van der Waals surface area contributed by atoms with Crippen LogP contribution in [0.4, 0.5) is 0 Å². The third-order valence-electron chi connectivity index (χ3n) is 5.77. The molecule has 0 aliphatic carbocycles. The molecule has 2 amide bonds. The SMILES string of the molecule is Cc1nc(C(=O)NC(CC(C)C)C(=O)NCC2CCCO2)cc2c1[nH]c1ccccc12. The molecule has 3 aromatic rings. The number of amides is 2. The van der Waals surface area contributed by atoms with Gasteiger partial charge in [0.25, 0.3) is 5.91 Å². The monoisotopic (exact) mass is 422 g/mol. The number of fused-ring (bicyclic) bond motifs is 3. The van der Waals surface area contributed by atoms with Gasteiger partial charge in [-0.25, -0.2) is 4.98 Å². The van der Waals surface area contributed by atoms with Crippen LogP contribution in [-0.2, 0) is 9.53 Å². The van der Waals surface area contributed by atoms with Crippen LogP contribution >= 0.6 is 0 Å². The molecule has 0 bridgehead atoms. The molecular weight excluding hydrogens is 392 g/mol. The first-order chi connectivity index (χ1) is 14.9. The van der Waals surface area contributed by atoms with Crippen LogP contribution in [0.15, 0.2) is 30.3 Å². The number of ether oxygens (including phenoxy) is 1. The molecule has 3 heterocycles. The molecule has 164 valence electrons. The van der Waals surface area contributed by atoms with Gasteiger partial charge in [-0.3, -0.25) is 9.59 Å². The number of aromatic amines is 1. The molecule has 1 aromatic carbocycles. The van der Waals surface area contributed by atoms with Crippen molar-refractivity contribution < 1.29 is 14.3 Å². The summed E-state index contributed by atoms with van der Waals surface area (Å²) in [6.07, 6.45) is 2.59. The largest absolute Gasteiger partial charge is 0.376 e. The van der Waals surface area contributed by atoms with Gasteiger partial charge in [0.05, 0.1) is 17.3 Å². The Hall–Kier alpha value is -2.93. The third-order valence-corrected chi connectivity index (χ3v) is 5.77. The van der Waals surface area contributed by atoms with E-state index in [-0.39, 0.29) is 23.8 Å². The highest BCUT2D eigenvalue weighted by Crippen LogP contribution is 2.27. The Morgan fingerprint density at radius 3 is 2.81 bits per heavy atom. The van der Waals surface area contributed by atoms with Crippen molar-refractivity contribution in [1.29, 1.82) is 0 Å². The number of hydrogen-bond acceptors (Lipinski definition) is 4. The number of para-hydroxylation sites is 1. The molecule has 2 aromatic heterocycles. The number of aromatic nitrogens is 2. The molecule has 1 aliphatic heterocycles. The highest BCUT2D eigenvalue weighted by atomic mass is 16.5. The van der Waals surface area contributed by atoms with Crippen molar-refractivity contribution in [3.63, 3.8) is 0 Å². The van der Waals surface area contributed by atoms with Gasteiger partial charge in [-0.15, -0.1) is 0 Å². The van der Waals surface area contributed by atoms with Crippen molar-refractivity contribution in [2.24, 2.45) is 5.92 Å². The van der Waals surface area contributed by atoms with E-state index < -0.39 is 6.04 Å².